The molecule has 1 amide bonds. The Balaban J connectivity index is 1.69. The number of benzene rings is 1. The SMILES string of the molecule is O=C(Cn1cc(Cl)c2ncc(-c3ccc(F)c(C(F)(F)F)c3)cc21)N1CC(F)(F)C1. The van der Waals surface area contributed by atoms with Crippen LogP contribution >= 0.6 is 11.6 Å². The number of hydrogen-bond acceptors (Lipinski definition) is 2. The van der Waals surface area contributed by atoms with Crippen molar-refractivity contribution in [3.05, 3.63) is 53.1 Å². The van der Waals surface area contributed by atoms with Gasteiger partial charge >= 0.3 is 6.18 Å². The lowest BCUT2D eigenvalue weighted by Gasteiger charge is -2.38. The maximum Gasteiger partial charge on any atom is 0.419 e. The molecule has 0 bridgehead atoms. The van der Waals surface area contributed by atoms with Crippen LogP contribution in [0, 0.1) is 5.82 Å². The van der Waals surface area contributed by atoms with Crippen molar-refractivity contribution in [2.24, 2.45) is 0 Å². The number of pyridine rings is 1. The van der Waals surface area contributed by atoms with Crippen LogP contribution in [0.25, 0.3) is 22.2 Å². The number of likely N-dealkylation sites (tertiary alicyclic amines) is 1. The average molecular weight is 448 g/mol. The average Bonchev–Trinajstić information content (AvgIpc) is 2.94. The predicted octanol–water partition coefficient (Wildman–Crippen LogP) is 4.99. The highest BCUT2D eigenvalue weighted by Gasteiger charge is 2.46. The summed E-state index contributed by atoms with van der Waals surface area (Å²) in [5.41, 5.74) is -0.485. The minimum atomic E-state index is -4.87. The van der Waals surface area contributed by atoms with Crippen LogP contribution in [0.2, 0.25) is 5.02 Å². The third-order valence-corrected chi connectivity index (χ3v) is 5.06. The Hall–Kier alpha value is -2.75. The topological polar surface area (TPSA) is 38.1 Å². The van der Waals surface area contributed by atoms with Crippen LogP contribution in [-0.2, 0) is 17.5 Å². The Labute approximate surface area is 170 Å². The summed E-state index contributed by atoms with van der Waals surface area (Å²) in [6.45, 7) is -1.63. The maximum absolute atomic E-state index is 13.6. The number of hydrogen-bond donors (Lipinski definition) is 0. The zero-order valence-corrected chi connectivity index (χ0v) is 15.7. The second kappa shape index (κ2) is 6.90. The first kappa shape index (κ1) is 20.5. The number of carbonyl (C=O) groups is 1. The molecule has 4 nitrogen and oxygen atoms in total. The lowest BCUT2D eigenvalue weighted by Crippen LogP contribution is -2.59. The molecule has 1 fully saturated rings. The molecule has 1 aromatic carbocycles. The Morgan fingerprint density at radius 3 is 2.50 bits per heavy atom. The van der Waals surface area contributed by atoms with E-state index in [9.17, 15) is 31.1 Å². The molecule has 0 atom stereocenters. The van der Waals surface area contributed by atoms with Crippen LogP contribution < -0.4 is 0 Å². The smallest absolute Gasteiger partial charge is 0.335 e. The summed E-state index contributed by atoms with van der Waals surface area (Å²) in [5, 5.41) is 0.188. The molecular formula is C19H12ClF6N3O. The highest BCUT2D eigenvalue weighted by Crippen LogP contribution is 2.35. The number of halogens is 7. The van der Waals surface area contributed by atoms with Crippen molar-refractivity contribution >= 4 is 28.5 Å². The number of carbonyl (C=O) groups excluding carboxylic acids is 1. The van der Waals surface area contributed by atoms with Crippen molar-refractivity contribution in [1.29, 1.82) is 0 Å². The molecular weight excluding hydrogens is 436 g/mol. The molecule has 3 heterocycles. The second-order valence-electron chi connectivity index (χ2n) is 6.99. The molecule has 0 saturated carbocycles. The molecule has 0 spiro atoms. The van der Waals surface area contributed by atoms with Gasteiger partial charge in [0.1, 0.15) is 17.9 Å². The first-order chi connectivity index (χ1) is 13.9. The van der Waals surface area contributed by atoms with Gasteiger partial charge < -0.3 is 9.47 Å². The fraction of sp³-hybridized carbons (Fsp3) is 0.263. The van der Waals surface area contributed by atoms with Crippen LogP contribution in [0.3, 0.4) is 0 Å². The van der Waals surface area contributed by atoms with E-state index in [4.69, 9.17) is 11.6 Å². The van der Waals surface area contributed by atoms with E-state index >= 15 is 0 Å². The summed E-state index contributed by atoms with van der Waals surface area (Å²) in [7, 11) is 0. The molecule has 11 heteroatoms. The van der Waals surface area contributed by atoms with Gasteiger partial charge in [-0.05, 0) is 23.8 Å². The molecule has 0 radical (unpaired) electrons. The zero-order valence-electron chi connectivity index (χ0n) is 15.0. The van der Waals surface area contributed by atoms with Crippen molar-refractivity contribution in [2.45, 2.75) is 18.6 Å². The number of rotatable bonds is 3. The lowest BCUT2D eigenvalue weighted by atomic mass is 10.0. The number of alkyl halides is 5. The zero-order chi connectivity index (χ0) is 21.8. The molecule has 0 unspecified atom stereocenters. The van der Waals surface area contributed by atoms with Crippen molar-refractivity contribution < 1.29 is 31.1 Å². The monoisotopic (exact) mass is 447 g/mol. The van der Waals surface area contributed by atoms with Crippen LogP contribution in [-0.4, -0.2) is 39.4 Å². The van der Waals surface area contributed by atoms with Crippen molar-refractivity contribution in [3.8, 4) is 11.1 Å². The number of fused-ring (bicyclic) bond motifs is 1. The summed E-state index contributed by atoms with van der Waals surface area (Å²) in [4.78, 5) is 17.3. The van der Waals surface area contributed by atoms with E-state index in [2.05, 4.69) is 4.98 Å². The molecule has 30 heavy (non-hydrogen) atoms. The fourth-order valence-corrected chi connectivity index (χ4v) is 3.53. The largest absolute Gasteiger partial charge is 0.419 e. The van der Waals surface area contributed by atoms with Crippen LogP contribution in [0.1, 0.15) is 5.56 Å². The quantitative estimate of drug-likeness (QED) is 0.530. The van der Waals surface area contributed by atoms with Gasteiger partial charge in [-0.25, -0.2) is 13.2 Å². The Morgan fingerprint density at radius 2 is 1.87 bits per heavy atom. The van der Waals surface area contributed by atoms with E-state index in [1.54, 1.807) is 0 Å². The van der Waals surface area contributed by atoms with Gasteiger partial charge in [-0.2, -0.15) is 13.2 Å². The molecule has 0 N–H and O–H groups in total. The van der Waals surface area contributed by atoms with E-state index in [1.807, 2.05) is 0 Å². The van der Waals surface area contributed by atoms with Crippen LogP contribution in [0.4, 0.5) is 26.3 Å². The van der Waals surface area contributed by atoms with E-state index < -0.39 is 42.5 Å². The van der Waals surface area contributed by atoms with Crippen LogP contribution in [0.15, 0.2) is 36.7 Å². The Kier molecular flexibility index (Phi) is 4.72. The molecule has 2 aromatic heterocycles. The number of amides is 1. The first-order valence-electron chi connectivity index (χ1n) is 8.62. The highest BCUT2D eigenvalue weighted by molar-refractivity contribution is 6.35. The third-order valence-electron chi connectivity index (χ3n) is 4.78. The van der Waals surface area contributed by atoms with Crippen molar-refractivity contribution in [2.75, 3.05) is 13.1 Å². The molecule has 1 aliphatic heterocycles. The minimum Gasteiger partial charge on any atom is -0.335 e. The molecule has 0 aliphatic carbocycles. The van der Waals surface area contributed by atoms with Gasteiger partial charge in [0.2, 0.25) is 5.91 Å². The summed E-state index contributed by atoms with van der Waals surface area (Å²) in [6.07, 6.45) is -2.19. The second-order valence-corrected chi connectivity index (χ2v) is 7.40. The maximum atomic E-state index is 13.6. The summed E-state index contributed by atoms with van der Waals surface area (Å²) in [6, 6.07) is 4.01. The summed E-state index contributed by atoms with van der Waals surface area (Å²) in [5.74, 6) is -4.86. The van der Waals surface area contributed by atoms with Gasteiger partial charge in [0, 0.05) is 18.0 Å². The van der Waals surface area contributed by atoms with Gasteiger partial charge in [-0.3, -0.25) is 9.78 Å². The molecule has 1 aliphatic rings. The van der Waals surface area contributed by atoms with Crippen LogP contribution in [0.5, 0.6) is 0 Å². The van der Waals surface area contributed by atoms with E-state index in [-0.39, 0.29) is 22.7 Å². The van der Waals surface area contributed by atoms with E-state index in [0.29, 0.717) is 23.2 Å². The third kappa shape index (κ3) is 3.71. The molecule has 1 saturated heterocycles. The number of aromatic nitrogens is 2. The van der Waals surface area contributed by atoms with Gasteiger partial charge in [0.05, 0.1) is 29.2 Å². The number of nitrogens with zero attached hydrogens (tertiary/aromatic N) is 3. The van der Waals surface area contributed by atoms with Gasteiger partial charge in [0.15, 0.2) is 0 Å². The molecule has 4 rings (SSSR count). The Bertz CT molecular complexity index is 1150. The van der Waals surface area contributed by atoms with Crippen molar-refractivity contribution in [3.63, 3.8) is 0 Å². The van der Waals surface area contributed by atoms with Gasteiger partial charge in [-0.15, -0.1) is 0 Å². The highest BCUT2D eigenvalue weighted by atomic mass is 35.5. The van der Waals surface area contributed by atoms with E-state index in [0.717, 1.165) is 4.90 Å². The normalized spacial score (nSPS) is 16.0. The predicted molar refractivity (Wildman–Crippen MR) is 96.7 cm³/mol. The van der Waals surface area contributed by atoms with Gasteiger partial charge in [0.25, 0.3) is 5.92 Å². The first-order valence-corrected chi connectivity index (χ1v) is 8.99. The minimum absolute atomic E-state index is 0.0655. The fourth-order valence-electron chi connectivity index (χ4n) is 3.27. The lowest BCUT2D eigenvalue weighted by molar-refractivity contribution is -0.166. The summed E-state index contributed by atoms with van der Waals surface area (Å²) >= 11 is 6.11. The Morgan fingerprint density at radius 1 is 1.17 bits per heavy atom. The summed E-state index contributed by atoms with van der Waals surface area (Å²) < 4.78 is 79.9. The van der Waals surface area contributed by atoms with Crippen molar-refractivity contribution in [1.82, 2.24) is 14.5 Å². The van der Waals surface area contributed by atoms with Gasteiger partial charge in [-0.1, -0.05) is 17.7 Å². The molecule has 3 aromatic rings. The standard InChI is InChI=1S/C19H12ClF6N3O/c20-13-6-28(7-16(30)29-8-18(22,23)9-29)15-4-11(5-27-17(13)15)10-1-2-14(21)12(3-10)19(24,25)26/h1-6H,7-9H2. The van der Waals surface area contributed by atoms with E-state index in [1.165, 1.54) is 29.1 Å². The molecule has 158 valence electrons.